The number of tetrazole rings is 1. The van der Waals surface area contributed by atoms with Gasteiger partial charge in [-0.3, -0.25) is 4.57 Å². The molecule has 0 radical (unpaired) electrons. The summed E-state index contributed by atoms with van der Waals surface area (Å²) in [6.07, 6.45) is 5.69. The van der Waals surface area contributed by atoms with E-state index in [1.165, 1.54) is 0 Å². The quantitative estimate of drug-likeness (QED) is 0.343. The van der Waals surface area contributed by atoms with Crippen molar-refractivity contribution < 1.29 is 0 Å². The molecule has 6 aromatic rings. The van der Waals surface area contributed by atoms with Gasteiger partial charge >= 0.3 is 0 Å². The lowest BCUT2D eigenvalue weighted by Gasteiger charge is -2.17. The molecule has 6 rings (SSSR count). The van der Waals surface area contributed by atoms with E-state index in [1.807, 2.05) is 42.2 Å². The molecule has 0 saturated heterocycles. The number of rotatable bonds is 6. The minimum atomic E-state index is 0.648. The van der Waals surface area contributed by atoms with Crippen LogP contribution < -0.4 is 0 Å². The molecule has 0 bridgehead atoms. The largest absolute Gasteiger partial charge is 0.334 e. The fourth-order valence-electron chi connectivity index (χ4n) is 4.92. The van der Waals surface area contributed by atoms with Gasteiger partial charge in [-0.05, 0) is 64.7 Å². The van der Waals surface area contributed by atoms with Crippen LogP contribution >= 0.6 is 0 Å². The van der Waals surface area contributed by atoms with Gasteiger partial charge < -0.3 is 4.57 Å². The van der Waals surface area contributed by atoms with E-state index in [2.05, 4.69) is 86.5 Å². The van der Waals surface area contributed by atoms with Crippen LogP contribution in [0, 0.1) is 6.92 Å². The van der Waals surface area contributed by atoms with Gasteiger partial charge in [0.05, 0.1) is 16.7 Å². The van der Waals surface area contributed by atoms with Crippen molar-refractivity contribution in [2.75, 3.05) is 0 Å². The number of imidazole rings is 2. The SMILES string of the molecule is CCCc1nc2ccc(-c3nccn3C)cc2n1-c1cccc(-c2ccccc2-c2nnn[nH]2)c1C. The van der Waals surface area contributed by atoms with Gasteiger partial charge in [0.15, 0.2) is 5.82 Å². The number of hydrogen-bond donors (Lipinski definition) is 1. The first-order chi connectivity index (χ1) is 17.7. The summed E-state index contributed by atoms with van der Waals surface area (Å²) in [5, 5.41) is 14.6. The lowest BCUT2D eigenvalue weighted by atomic mass is 9.94. The predicted octanol–water partition coefficient (Wildman–Crippen LogP) is 5.53. The van der Waals surface area contributed by atoms with Gasteiger partial charge in [-0.15, -0.1) is 5.10 Å². The van der Waals surface area contributed by atoms with Crippen molar-refractivity contribution >= 4 is 11.0 Å². The van der Waals surface area contributed by atoms with Crippen molar-refractivity contribution in [1.82, 2.24) is 39.7 Å². The van der Waals surface area contributed by atoms with Gasteiger partial charge in [0.25, 0.3) is 0 Å². The lowest BCUT2D eigenvalue weighted by Crippen LogP contribution is -2.04. The fourth-order valence-corrected chi connectivity index (χ4v) is 4.92. The van der Waals surface area contributed by atoms with Crippen LogP contribution in [0.1, 0.15) is 24.7 Å². The van der Waals surface area contributed by atoms with Crippen LogP contribution in [0.4, 0.5) is 0 Å². The molecule has 36 heavy (non-hydrogen) atoms. The van der Waals surface area contributed by atoms with Gasteiger partial charge in [-0.2, -0.15) is 0 Å². The lowest BCUT2D eigenvalue weighted by molar-refractivity contribution is 0.816. The van der Waals surface area contributed by atoms with E-state index in [9.17, 15) is 0 Å². The number of aromatic nitrogens is 8. The molecule has 0 saturated carbocycles. The number of nitrogens with zero attached hydrogens (tertiary/aromatic N) is 7. The Kier molecular flexibility index (Phi) is 5.41. The van der Waals surface area contributed by atoms with Crippen molar-refractivity contribution in [3.63, 3.8) is 0 Å². The molecule has 1 N–H and O–H groups in total. The highest BCUT2D eigenvalue weighted by Gasteiger charge is 2.19. The third kappa shape index (κ3) is 3.58. The summed E-state index contributed by atoms with van der Waals surface area (Å²) >= 11 is 0. The Morgan fingerprint density at radius 3 is 2.53 bits per heavy atom. The van der Waals surface area contributed by atoms with Gasteiger partial charge in [-0.25, -0.2) is 15.1 Å². The molecule has 3 heterocycles. The average Bonchev–Trinajstić information content (AvgIpc) is 3.65. The van der Waals surface area contributed by atoms with Crippen molar-refractivity contribution in [2.24, 2.45) is 7.05 Å². The number of benzene rings is 3. The first-order valence-electron chi connectivity index (χ1n) is 12.1. The molecule has 8 heteroatoms. The maximum Gasteiger partial charge on any atom is 0.180 e. The summed E-state index contributed by atoms with van der Waals surface area (Å²) in [5.41, 5.74) is 8.56. The molecule has 0 atom stereocenters. The van der Waals surface area contributed by atoms with Gasteiger partial charge in [-0.1, -0.05) is 43.3 Å². The van der Waals surface area contributed by atoms with Crippen molar-refractivity contribution in [2.45, 2.75) is 26.7 Å². The minimum Gasteiger partial charge on any atom is -0.334 e. The number of fused-ring (bicyclic) bond motifs is 1. The third-order valence-electron chi connectivity index (χ3n) is 6.64. The predicted molar refractivity (Wildman–Crippen MR) is 141 cm³/mol. The molecule has 0 amide bonds. The van der Waals surface area contributed by atoms with E-state index in [1.54, 1.807) is 0 Å². The third-order valence-corrected chi connectivity index (χ3v) is 6.64. The van der Waals surface area contributed by atoms with Crippen LogP contribution in [0.5, 0.6) is 0 Å². The smallest absolute Gasteiger partial charge is 0.180 e. The molecule has 0 spiro atoms. The zero-order valence-corrected chi connectivity index (χ0v) is 20.5. The Labute approximate surface area is 208 Å². The van der Waals surface area contributed by atoms with Gasteiger partial charge in [0.1, 0.15) is 11.6 Å². The second-order valence-corrected chi connectivity index (χ2v) is 8.92. The second kappa shape index (κ2) is 8.88. The molecule has 0 aliphatic heterocycles. The van der Waals surface area contributed by atoms with E-state index < -0.39 is 0 Å². The maximum absolute atomic E-state index is 5.03. The monoisotopic (exact) mass is 474 g/mol. The van der Waals surface area contributed by atoms with E-state index in [0.717, 1.165) is 69.0 Å². The summed E-state index contributed by atoms with van der Waals surface area (Å²) in [5.74, 6) is 2.63. The maximum atomic E-state index is 5.03. The summed E-state index contributed by atoms with van der Waals surface area (Å²) in [7, 11) is 2.02. The zero-order valence-electron chi connectivity index (χ0n) is 20.5. The van der Waals surface area contributed by atoms with Gasteiger partial charge in [0, 0.05) is 37.0 Å². The van der Waals surface area contributed by atoms with Crippen LogP contribution in [0.25, 0.3) is 50.6 Å². The molecule has 3 aromatic carbocycles. The molecule has 3 aromatic heterocycles. The van der Waals surface area contributed by atoms with Crippen LogP contribution in [0.2, 0.25) is 0 Å². The van der Waals surface area contributed by atoms with Crippen LogP contribution in [-0.4, -0.2) is 39.7 Å². The molecule has 0 aliphatic rings. The van der Waals surface area contributed by atoms with Crippen molar-refractivity contribution in [3.8, 4) is 39.6 Å². The molecular formula is C28H26N8. The molecule has 0 aliphatic carbocycles. The molecule has 0 unspecified atom stereocenters. The van der Waals surface area contributed by atoms with Crippen molar-refractivity contribution in [3.05, 3.63) is 84.4 Å². The number of nitrogens with one attached hydrogen (secondary N) is 1. The Hall–Kier alpha value is -4.59. The first kappa shape index (κ1) is 21.9. The first-order valence-corrected chi connectivity index (χ1v) is 12.1. The van der Waals surface area contributed by atoms with Crippen molar-refractivity contribution in [1.29, 1.82) is 0 Å². The topological polar surface area (TPSA) is 90.1 Å². The summed E-state index contributed by atoms with van der Waals surface area (Å²) in [6, 6.07) is 21.0. The standard InChI is InChI=1S/C28H26N8/c1-4-8-26-30-23-14-13-19(28-29-15-16-35(28)3)17-25(23)36(26)24-12-7-11-20(18(24)2)21-9-5-6-10-22(21)27-31-33-34-32-27/h5-7,9-17H,4,8H2,1-3H3,(H,31,32,33,34). The highest BCUT2D eigenvalue weighted by Crippen LogP contribution is 2.36. The minimum absolute atomic E-state index is 0.648. The Morgan fingerprint density at radius 1 is 0.944 bits per heavy atom. The second-order valence-electron chi connectivity index (χ2n) is 8.92. The van der Waals surface area contributed by atoms with E-state index >= 15 is 0 Å². The fraction of sp³-hybridized carbons (Fsp3) is 0.179. The Balaban J connectivity index is 1.57. The van der Waals surface area contributed by atoms with E-state index in [4.69, 9.17) is 4.98 Å². The molecule has 0 fully saturated rings. The zero-order chi connectivity index (χ0) is 24.6. The highest BCUT2D eigenvalue weighted by atomic mass is 15.5. The normalized spacial score (nSPS) is 11.4. The number of hydrogen-bond acceptors (Lipinski definition) is 5. The van der Waals surface area contributed by atoms with Crippen LogP contribution in [0.15, 0.2) is 73.1 Å². The average molecular weight is 475 g/mol. The molecule has 8 nitrogen and oxygen atoms in total. The Bertz CT molecular complexity index is 1670. The summed E-state index contributed by atoms with van der Waals surface area (Å²) < 4.78 is 4.35. The van der Waals surface area contributed by atoms with Crippen LogP contribution in [0.3, 0.4) is 0 Å². The van der Waals surface area contributed by atoms with E-state index in [0.29, 0.717) is 5.82 Å². The highest BCUT2D eigenvalue weighted by molar-refractivity contribution is 5.86. The summed E-state index contributed by atoms with van der Waals surface area (Å²) in [4.78, 5) is 9.59. The number of aromatic amines is 1. The summed E-state index contributed by atoms with van der Waals surface area (Å²) in [6.45, 7) is 4.36. The number of H-pyrrole nitrogens is 1. The number of aryl methyl sites for hydroxylation is 2. The molecular weight excluding hydrogens is 448 g/mol. The van der Waals surface area contributed by atoms with E-state index in [-0.39, 0.29) is 0 Å². The molecule has 178 valence electrons. The van der Waals surface area contributed by atoms with Gasteiger partial charge in [0.2, 0.25) is 0 Å². The Morgan fingerprint density at radius 2 is 1.78 bits per heavy atom. The van der Waals surface area contributed by atoms with Crippen LogP contribution in [-0.2, 0) is 13.5 Å².